The summed E-state index contributed by atoms with van der Waals surface area (Å²) in [6.45, 7) is 7.88. The molecule has 0 spiro atoms. The Labute approximate surface area is 187 Å². The first-order valence-electron chi connectivity index (χ1n) is 10.4. The number of halogens is 1. The molecule has 0 unspecified atom stereocenters. The van der Waals surface area contributed by atoms with Crippen LogP contribution in [0.4, 0.5) is 10.2 Å². The molecule has 1 fully saturated rings. The Bertz CT molecular complexity index is 1440. The highest BCUT2D eigenvalue weighted by atomic mass is 32.2. The summed E-state index contributed by atoms with van der Waals surface area (Å²) in [5.74, 6) is 0.267. The fraction of sp³-hybridized carbons (Fsp3) is 0.217. The Balaban J connectivity index is 1.48. The van der Waals surface area contributed by atoms with Crippen molar-refractivity contribution in [3.63, 3.8) is 0 Å². The highest BCUT2D eigenvalue weighted by molar-refractivity contribution is 7.98. The number of aryl methyl sites for hydroxylation is 1. The van der Waals surface area contributed by atoms with Crippen LogP contribution in [0.1, 0.15) is 5.69 Å². The van der Waals surface area contributed by atoms with E-state index < -0.39 is 0 Å². The topological polar surface area (TPSA) is 67.2 Å². The van der Waals surface area contributed by atoms with Crippen LogP contribution in [-0.4, -0.2) is 56.1 Å². The summed E-state index contributed by atoms with van der Waals surface area (Å²) >= 11 is 1.41. The first-order valence-corrected chi connectivity index (χ1v) is 11.1. The quantitative estimate of drug-likeness (QED) is 0.384. The lowest BCUT2D eigenvalue weighted by Crippen LogP contribution is -2.48. The van der Waals surface area contributed by atoms with Crippen molar-refractivity contribution in [2.45, 2.75) is 11.8 Å². The van der Waals surface area contributed by atoms with Crippen molar-refractivity contribution >= 4 is 45.5 Å². The van der Waals surface area contributed by atoms with Crippen molar-refractivity contribution in [3.05, 3.63) is 54.8 Å². The summed E-state index contributed by atoms with van der Waals surface area (Å²) < 4.78 is 17.8. The fourth-order valence-electron chi connectivity index (χ4n) is 4.61. The van der Waals surface area contributed by atoms with Crippen molar-refractivity contribution < 1.29 is 9.18 Å². The van der Waals surface area contributed by atoms with Crippen molar-refractivity contribution in [3.8, 4) is 11.1 Å². The number of amides is 1. The number of carbonyl (C=O) groups is 1. The molecule has 2 aromatic heterocycles. The number of rotatable bonds is 2. The molecule has 4 aromatic rings. The number of nitrogens with zero attached hydrogens (tertiary/aromatic N) is 6. The summed E-state index contributed by atoms with van der Waals surface area (Å²) in [5, 5.41) is 6.33. The highest BCUT2D eigenvalue weighted by Gasteiger charge is 2.29. The molecule has 0 N–H and O–H groups in total. The molecular formula is C23H19FN6OS. The van der Waals surface area contributed by atoms with Crippen molar-refractivity contribution in [2.24, 2.45) is 0 Å². The van der Waals surface area contributed by atoms with Gasteiger partial charge in [-0.25, -0.2) is 18.4 Å². The molecule has 160 valence electrons. The molecule has 0 bridgehead atoms. The van der Waals surface area contributed by atoms with E-state index in [-0.39, 0.29) is 11.7 Å². The Morgan fingerprint density at radius 3 is 2.78 bits per heavy atom. The minimum Gasteiger partial charge on any atom is -0.352 e. The van der Waals surface area contributed by atoms with Gasteiger partial charge in [-0.2, -0.15) is 5.10 Å². The van der Waals surface area contributed by atoms with Gasteiger partial charge in [0.15, 0.2) is 5.82 Å². The van der Waals surface area contributed by atoms with Gasteiger partial charge in [-0.15, -0.1) is 0 Å². The summed E-state index contributed by atoms with van der Waals surface area (Å²) in [7, 11) is 0. The van der Waals surface area contributed by atoms with Gasteiger partial charge in [0.25, 0.3) is 0 Å². The molecule has 2 aromatic carbocycles. The molecule has 9 heteroatoms. The maximum absolute atomic E-state index is 15.9. The lowest BCUT2D eigenvalue weighted by Gasteiger charge is -2.35. The predicted molar refractivity (Wildman–Crippen MR) is 123 cm³/mol. The largest absolute Gasteiger partial charge is 0.352 e. The molecule has 6 rings (SSSR count). The second-order valence-electron chi connectivity index (χ2n) is 7.92. The molecule has 4 heterocycles. The first kappa shape index (κ1) is 19.2. The number of aromatic nitrogens is 4. The van der Waals surface area contributed by atoms with Gasteiger partial charge < -0.3 is 9.80 Å². The fourth-order valence-corrected chi connectivity index (χ4v) is 5.71. The normalized spacial score (nSPS) is 15.3. The summed E-state index contributed by atoms with van der Waals surface area (Å²) in [5.41, 5.74) is 3.54. The van der Waals surface area contributed by atoms with Gasteiger partial charge in [-0.3, -0.25) is 4.79 Å². The number of fused-ring (bicyclic) bond motifs is 3. The molecule has 1 saturated heterocycles. The zero-order valence-corrected chi connectivity index (χ0v) is 18.2. The Morgan fingerprint density at radius 1 is 1.19 bits per heavy atom. The number of hydrogen-bond acceptors (Lipinski definition) is 6. The molecule has 0 saturated carbocycles. The van der Waals surface area contributed by atoms with Crippen molar-refractivity contribution in [1.82, 2.24) is 24.1 Å². The van der Waals surface area contributed by atoms with Crippen LogP contribution < -0.4 is 4.90 Å². The molecule has 2 aliphatic rings. The third-order valence-electron chi connectivity index (χ3n) is 6.19. The van der Waals surface area contributed by atoms with Crippen LogP contribution in [0.2, 0.25) is 0 Å². The average Bonchev–Trinajstić information content (AvgIpc) is 3.14. The van der Waals surface area contributed by atoms with E-state index in [1.54, 1.807) is 4.90 Å². The molecule has 2 aliphatic heterocycles. The number of piperazine rings is 1. The van der Waals surface area contributed by atoms with Gasteiger partial charge in [-0.1, -0.05) is 24.8 Å². The third kappa shape index (κ3) is 2.67. The standard InChI is InChI=1S/C23H19FN6OS/c1-3-18(31)28-7-9-29(10-8-28)23-16-11-17-19(20(24)21(16)25-12-26-23)15-6-4-5-14-13(2)27-30(32-17)22(14)15/h3-6,11-12H,1,7-10H2,2H3. The summed E-state index contributed by atoms with van der Waals surface area (Å²) in [4.78, 5) is 25.3. The zero-order chi connectivity index (χ0) is 22.0. The van der Waals surface area contributed by atoms with Gasteiger partial charge in [0.05, 0.1) is 11.2 Å². The maximum Gasteiger partial charge on any atom is 0.246 e. The van der Waals surface area contributed by atoms with Gasteiger partial charge >= 0.3 is 0 Å². The van der Waals surface area contributed by atoms with E-state index in [1.165, 1.54) is 24.4 Å². The molecule has 7 nitrogen and oxygen atoms in total. The van der Waals surface area contributed by atoms with E-state index in [9.17, 15) is 4.79 Å². The number of hydrogen-bond donors (Lipinski definition) is 0. The summed E-state index contributed by atoms with van der Waals surface area (Å²) in [6, 6.07) is 7.86. The third-order valence-corrected chi connectivity index (χ3v) is 7.15. The lowest BCUT2D eigenvalue weighted by molar-refractivity contribution is -0.126. The molecule has 32 heavy (non-hydrogen) atoms. The van der Waals surface area contributed by atoms with Gasteiger partial charge in [-0.05, 0) is 19.1 Å². The molecule has 1 amide bonds. The number of carbonyl (C=O) groups excluding carboxylic acids is 1. The van der Waals surface area contributed by atoms with E-state index in [4.69, 9.17) is 0 Å². The molecular weight excluding hydrogens is 427 g/mol. The van der Waals surface area contributed by atoms with Gasteiger partial charge in [0.2, 0.25) is 5.91 Å². The van der Waals surface area contributed by atoms with Gasteiger partial charge in [0, 0.05) is 64.9 Å². The second-order valence-corrected chi connectivity index (χ2v) is 8.89. The van der Waals surface area contributed by atoms with E-state index in [2.05, 4.69) is 26.5 Å². The van der Waals surface area contributed by atoms with E-state index in [0.29, 0.717) is 48.5 Å². The molecule has 0 radical (unpaired) electrons. The zero-order valence-electron chi connectivity index (χ0n) is 17.4. The van der Waals surface area contributed by atoms with Crippen LogP contribution in [0.3, 0.4) is 0 Å². The van der Waals surface area contributed by atoms with E-state index in [0.717, 1.165) is 27.1 Å². The summed E-state index contributed by atoms with van der Waals surface area (Å²) in [6.07, 6.45) is 2.75. The monoisotopic (exact) mass is 446 g/mol. The van der Waals surface area contributed by atoms with Crippen molar-refractivity contribution in [1.29, 1.82) is 0 Å². The SMILES string of the molecule is C=CC(=O)N1CCN(c2ncnc3c(F)c4c(cc23)Sn2nc(C)c3cccc-4c32)CC1. The average molecular weight is 447 g/mol. The molecule has 0 atom stereocenters. The van der Waals surface area contributed by atoms with Crippen LogP contribution in [0.15, 0.2) is 48.1 Å². The van der Waals surface area contributed by atoms with Gasteiger partial charge in [0.1, 0.15) is 17.7 Å². The highest BCUT2D eigenvalue weighted by Crippen LogP contribution is 2.47. The lowest BCUT2D eigenvalue weighted by atomic mass is 9.99. The predicted octanol–water partition coefficient (Wildman–Crippen LogP) is 3.80. The number of anilines is 1. The minimum atomic E-state index is -0.341. The molecule has 0 aliphatic carbocycles. The van der Waals surface area contributed by atoms with Crippen LogP contribution in [0.5, 0.6) is 0 Å². The smallest absolute Gasteiger partial charge is 0.246 e. The van der Waals surface area contributed by atoms with E-state index in [1.807, 2.05) is 35.3 Å². The van der Waals surface area contributed by atoms with E-state index >= 15 is 4.39 Å². The second kappa shape index (κ2) is 7.03. The number of benzene rings is 2. The first-order chi connectivity index (χ1) is 15.6. The Morgan fingerprint density at radius 2 is 2.00 bits per heavy atom. The Hall–Kier alpha value is -3.46. The minimum absolute atomic E-state index is 0.0757. The number of para-hydroxylation sites is 1. The maximum atomic E-state index is 15.9. The van der Waals surface area contributed by atoms with Crippen LogP contribution >= 0.6 is 11.9 Å². The Kier molecular flexibility index (Phi) is 4.23. The van der Waals surface area contributed by atoms with Crippen molar-refractivity contribution in [2.75, 3.05) is 31.1 Å². The van der Waals surface area contributed by atoms with Crippen LogP contribution in [0, 0.1) is 12.7 Å². The van der Waals surface area contributed by atoms with Crippen LogP contribution in [0.25, 0.3) is 32.9 Å². The van der Waals surface area contributed by atoms with Crippen LogP contribution in [-0.2, 0) is 4.79 Å².